The Kier molecular flexibility index (Phi) is 8.80. The molecule has 0 fully saturated rings. The van der Waals surface area contributed by atoms with Gasteiger partial charge in [-0.15, -0.1) is 11.8 Å². The van der Waals surface area contributed by atoms with Crippen molar-refractivity contribution in [3.63, 3.8) is 0 Å². The Hall–Kier alpha value is -1.98. The van der Waals surface area contributed by atoms with Crippen LogP contribution in [0.2, 0.25) is 5.02 Å². The molecule has 2 aromatic carbocycles. The third kappa shape index (κ3) is 8.04. The first-order valence-corrected chi connectivity index (χ1v) is 11.6. The molecule has 1 N–H and O–H groups in total. The molecule has 0 aliphatic heterocycles. The fourth-order valence-corrected chi connectivity index (χ4v) is 3.86. The standard InChI is InChI=1S/C24H31ClN2O2S/c1-17-6-8-20(9-7-17)15-30-16-22(28)27(14-19-10-12-21(25)13-11-19)18(2)23(29)26-24(3,4)5/h6-13,18H,14-16H2,1-5H3,(H,26,29). The van der Waals surface area contributed by atoms with Crippen LogP contribution in [0.3, 0.4) is 0 Å². The number of thioether (sulfide) groups is 1. The van der Waals surface area contributed by atoms with Crippen LogP contribution in [-0.4, -0.2) is 34.0 Å². The summed E-state index contributed by atoms with van der Waals surface area (Å²) in [5.74, 6) is 0.852. The highest BCUT2D eigenvalue weighted by Gasteiger charge is 2.28. The van der Waals surface area contributed by atoms with Crippen LogP contribution >= 0.6 is 23.4 Å². The smallest absolute Gasteiger partial charge is 0.242 e. The number of aryl methyl sites for hydroxylation is 1. The molecule has 6 heteroatoms. The molecule has 2 rings (SSSR count). The highest BCUT2D eigenvalue weighted by atomic mass is 35.5. The molecule has 0 heterocycles. The van der Waals surface area contributed by atoms with E-state index in [1.807, 2.05) is 32.9 Å². The predicted octanol–water partition coefficient (Wildman–Crippen LogP) is 5.21. The number of carbonyl (C=O) groups excluding carboxylic acids is 2. The van der Waals surface area contributed by atoms with Crippen LogP contribution in [0.5, 0.6) is 0 Å². The number of nitrogens with one attached hydrogen (secondary N) is 1. The van der Waals surface area contributed by atoms with Gasteiger partial charge in [-0.25, -0.2) is 0 Å². The average Bonchev–Trinajstić information content (AvgIpc) is 2.67. The van der Waals surface area contributed by atoms with E-state index >= 15 is 0 Å². The second-order valence-corrected chi connectivity index (χ2v) is 9.96. The summed E-state index contributed by atoms with van der Waals surface area (Å²) in [7, 11) is 0. The summed E-state index contributed by atoms with van der Waals surface area (Å²) in [4.78, 5) is 27.5. The van der Waals surface area contributed by atoms with Crippen molar-refractivity contribution in [3.05, 3.63) is 70.2 Å². The van der Waals surface area contributed by atoms with Crippen molar-refractivity contribution < 1.29 is 9.59 Å². The lowest BCUT2D eigenvalue weighted by Crippen LogP contribution is -2.52. The lowest BCUT2D eigenvalue weighted by Gasteiger charge is -2.31. The van der Waals surface area contributed by atoms with Crippen molar-refractivity contribution in [2.24, 2.45) is 0 Å². The lowest BCUT2D eigenvalue weighted by atomic mass is 10.1. The molecule has 1 unspecified atom stereocenters. The number of carbonyl (C=O) groups is 2. The molecular formula is C24H31ClN2O2S. The molecule has 2 amide bonds. The number of nitrogens with zero attached hydrogens (tertiary/aromatic N) is 1. The van der Waals surface area contributed by atoms with Gasteiger partial charge in [0, 0.05) is 22.9 Å². The SMILES string of the molecule is Cc1ccc(CSCC(=O)N(Cc2ccc(Cl)cc2)C(C)C(=O)NC(C)(C)C)cc1. The third-order valence-electron chi connectivity index (χ3n) is 4.55. The fourth-order valence-electron chi connectivity index (χ4n) is 2.87. The maximum absolute atomic E-state index is 13.1. The van der Waals surface area contributed by atoms with E-state index in [1.165, 1.54) is 11.1 Å². The molecule has 2 aromatic rings. The van der Waals surface area contributed by atoms with Crippen LogP contribution in [0.25, 0.3) is 0 Å². The first-order chi connectivity index (χ1) is 14.0. The molecule has 0 saturated heterocycles. The van der Waals surface area contributed by atoms with Gasteiger partial charge in [0.1, 0.15) is 6.04 Å². The molecule has 162 valence electrons. The van der Waals surface area contributed by atoms with Gasteiger partial charge in [-0.05, 0) is 57.9 Å². The fraction of sp³-hybridized carbons (Fsp3) is 0.417. The molecule has 0 saturated carbocycles. The number of hydrogen-bond acceptors (Lipinski definition) is 3. The quantitative estimate of drug-likeness (QED) is 0.605. The zero-order chi connectivity index (χ0) is 22.3. The molecule has 0 bridgehead atoms. The van der Waals surface area contributed by atoms with Gasteiger partial charge in [-0.1, -0.05) is 53.6 Å². The lowest BCUT2D eigenvalue weighted by molar-refractivity contribution is -0.139. The largest absolute Gasteiger partial charge is 0.350 e. The molecule has 0 aromatic heterocycles. The van der Waals surface area contributed by atoms with Gasteiger partial charge in [-0.3, -0.25) is 9.59 Å². The van der Waals surface area contributed by atoms with Crippen LogP contribution in [-0.2, 0) is 21.9 Å². The minimum absolute atomic E-state index is 0.0568. The molecule has 0 spiro atoms. The highest BCUT2D eigenvalue weighted by molar-refractivity contribution is 7.99. The van der Waals surface area contributed by atoms with Crippen LogP contribution in [0.15, 0.2) is 48.5 Å². The normalized spacial score (nSPS) is 12.3. The molecule has 0 aliphatic carbocycles. The maximum Gasteiger partial charge on any atom is 0.242 e. The zero-order valence-corrected chi connectivity index (χ0v) is 19.9. The molecule has 0 aliphatic rings. The Labute approximate surface area is 189 Å². The van der Waals surface area contributed by atoms with E-state index in [0.29, 0.717) is 17.3 Å². The van der Waals surface area contributed by atoms with Gasteiger partial charge < -0.3 is 10.2 Å². The summed E-state index contributed by atoms with van der Waals surface area (Å²) in [5.41, 5.74) is 2.97. The van der Waals surface area contributed by atoms with Crippen molar-refractivity contribution in [2.75, 3.05) is 5.75 Å². The van der Waals surface area contributed by atoms with E-state index in [-0.39, 0.29) is 17.4 Å². The summed E-state index contributed by atoms with van der Waals surface area (Å²) < 4.78 is 0. The Balaban J connectivity index is 2.08. The first kappa shape index (κ1) is 24.3. The Morgan fingerprint density at radius 3 is 2.17 bits per heavy atom. The summed E-state index contributed by atoms with van der Waals surface area (Å²) in [5, 5.41) is 3.62. The summed E-state index contributed by atoms with van der Waals surface area (Å²) in [6.07, 6.45) is 0. The topological polar surface area (TPSA) is 49.4 Å². The van der Waals surface area contributed by atoms with E-state index < -0.39 is 6.04 Å². The van der Waals surface area contributed by atoms with Crippen molar-refractivity contribution in [1.29, 1.82) is 0 Å². The molecule has 4 nitrogen and oxygen atoms in total. The first-order valence-electron chi connectivity index (χ1n) is 10.0. The predicted molar refractivity (Wildman–Crippen MR) is 127 cm³/mol. The Morgan fingerprint density at radius 2 is 1.60 bits per heavy atom. The minimum Gasteiger partial charge on any atom is -0.350 e. The van der Waals surface area contributed by atoms with Gasteiger partial charge in [0.2, 0.25) is 11.8 Å². The minimum atomic E-state index is -0.577. The van der Waals surface area contributed by atoms with E-state index in [2.05, 4.69) is 36.5 Å². The number of rotatable bonds is 8. The second-order valence-electron chi connectivity index (χ2n) is 8.54. The van der Waals surface area contributed by atoms with Crippen LogP contribution in [0, 0.1) is 6.92 Å². The van der Waals surface area contributed by atoms with Gasteiger partial charge in [0.05, 0.1) is 5.75 Å². The Bertz CT molecular complexity index is 845. The molecule has 1 atom stereocenters. The number of hydrogen-bond donors (Lipinski definition) is 1. The highest BCUT2D eigenvalue weighted by Crippen LogP contribution is 2.18. The van der Waals surface area contributed by atoms with Crippen LogP contribution in [0.1, 0.15) is 44.4 Å². The monoisotopic (exact) mass is 446 g/mol. The second kappa shape index (κ2) is 10.9. The number of halogens is 1. The van der Waals surface area contributed by atoms with Gasteiger partial charge >= 0.3 is 0 Å². The van der Waals surface area contributed by atoms with Crippen molar-refractivity contribution in [3.8, 4) is 0 Å². The summed E-state index contributed by atoms with van der Waals surface area (Å²) in [6, 6.07) is 15.1. The van der Waals surface area contributed by atoms with Gasteiger partial charge in [0.25, 0.3) is 0 Å². The van der Waals surface area contributed by atoms with Crippen molar-refractivity contribution in [2.45, 2.75) is 58.5 Å². The number of amides is 2. The summed E-state index contributed by atoms with van der Waals surface area (Å²) in [6.45, 7) is 9.99. The zero-order valence-electron chi connectivity index (χ0n) is 18.4. The number of benzene rings is 2. The molecule has 30 heavy (non-hydrogen) atoms. The third-order valence-corrected chi connectivity index (χ3v) is 5.79. The van der Waals surface area contributed by atoms with E-state index in [4.69, 9.17) is 11.6 Å². The van der Waals surface area contributed by atoms with E-state index in [9.17, 15) is 9.59 Å². The molecule has 0 radical (unpaired) electrons. The van der Waals surface area contributed by atoms with Crippen LogP contribution < -0.4 is 5.32 Å². The maximum atomic E-state index is 13.1. The van der Waals surface area contributed by atoms with Crippen LogP contribution in [0.4, 0.5) is 0 Å². The average molecular weight is 447 g/mol. The van der Waals surface area contributed by atoms with Gasteiger partial charge in [0.15, 0.2) is 0 Å². The molecular weight excluding hydrogens is 416 g/mol. The van der Waals surface area contributed by atoms with E-state index in [1.54, 1.807) is 35.7 Å². The summed E-state index contributed by atoms with van der Waals surface area (Å²) >= 11 is 7.54. The van der Waals surface area contributed by atoms with E-state index in [0.717, 1.165) is 11.3 Å². The Morgan fingerprint density at radius 1 is 1.03 bits per heavy atom. The van der Waals surface area contributed by atoms with Crippen molar-refractivity contribution in [1.82, 2.24) is 10.2 Å². The van der Waals surface area contributed by atoms with Crippen molar-refractivity contribution >= 4 is 35.2 Å². The van der Waals surface area contributed by atoms with Gasteiger partial charge in [-0.2, -0.15) is 0 Å².